The highest BCUT2D eigenvalue weighted by atomic mass is 79.9. The van der Waals surface area contributed by atoms with Crippen molar-refractivity contribution in [3.63, 3.8) is 0 Å². The van der Waals surface area contributed by atoms with Gasteiger partial charge in [0.2, 0.25) is 0 Å². The highest BCUT2D eigenvalue weighted by molar-refractivity contribution is 9.10. The van der Waals surface area contributed by atoms with Crippen LogP contribution in [0.4, 0.5) is 8.78 Å². The fraction of sp³-hybridized carbons (Fsp3) is 0.143. The molecule has 94 valence electrons. The molecule has 0 aliphatic rings. The molecule has 18 heavy (non-hydrogen) atoms. The summed E-state index contributed by atoms with van der Waals surface area (Å²) in [5.74, 6) is -1.19. The number of aliphatic hydroxyl groups excluding tert-OH is 1. The second-order valence-corrected chi connectivity index (χ2v) is 4.93. The first-order chi connectivity index (χ1) is 8.49. The van der Waals surface area contributed by atoms with Gasteiger partial charge in [0.15, 0.2) is 0 Å². The van der Waals surface area contributed by atoms with Crippen LogP contribution in [0, 0.1) is 18.6 Å². The molecule has 1 unspecified atom stereocenters. The Morgan fingerprint density at radius 2 is 1.83 bits per heavy atom. The summed E-state index contributed by atoms with van der Waals surface area (Å²) < 4.78 is 27.5. The quantitative estimate of drug-likeness (QED) is 0.884. The molecule has 0 fully saturated rings. The van der Waals surface area contributed by atoms with Crippen molar-refractivity contribution in [3.8, 4) is 0 Å². The minimum atomic E-state index is -1.17. The van der Waals surface area contributed by atoms with Crippen molar-refractivity contribution in [2.24, 2.45) is 0 Å². The molecule has 0 radical (unpaired) electrons. The molecule has 0 aliphatic heterocycles. The van der Waals surface area contributed by atoms with Crippen LogP contribution >= 0.6 is 15.9 Å². The van der Waals surface area contributed by atoms with E-state index in [1.54, 1.807) is 18.2 Å². The van der Waals surface area contributed by atoms with Gasteiger partial charge in [0.05, 0.1) is 0 Å². The van der Waals surface area contributed by atoms with Crippen molar-refractivity contribution < 1.29 is 13.9 Å². The van der Waals surface area contributed by atoms with Gasteiger partial charge < -0.3 is 5.11 Å². The summed E-state index contributed by atoms with van der Waals surface area (Å²) in [5, 5.41) is 10.1. The molecule has 0 aliphatic carbocycles. The van der Waals surface area contributed by atoms with Crippen LogP contribution in [-0.2, 0) is 0 Å². The van der Waals surface area contributed by atoms with Gasteiger partial charge in [0, 0.05) is 10.0 Å². The molecular formula is C14H11BrF2O. The second kappa shape index (κ2) is 5.16. The summed E-state index contributed by atoms with van der Waals surface area (Å²) in [6, 6.07) is 8.23. The lowest BCUT2D eigenvalue weighted by molar-refractivity contribution is 0.214. The van der Waals surface area contributed by atoms with E-state index >= 15 is 0 Å². The fourth-order valence-corrected chi connectivity index (χ4v) is 1.99. The maximum absolute atomic E-state index is 13.5. The van der Waals surface area contributed by atoms with Gasteiger partial charge in [-0.15, -0.1) is 0 Å². The van der Waals surface area contributed by atoms with Gasteiger partial charge in [-0.3, -0.25) is 0 Å². The SMILES string of the molecule is Cc1cc(C(O)c2cc(F)ccc2F)ccc1Br. The summed E-state index contributed by atoms with van der Waals surface area (Å²) in [6.07, 6.45) is -1.17. The summed E-state index contributed by atoms with van der Waals surface area (Å²) in [4.78, 5) is 0. The molecule has 2 rings (SSSR count). The van der Waals surface area contributed by atoms with E-state index < -0.39 is 17.7 Å². The molecule has 0 aromatic heterocycles. The number of hydrogen-bond acceptors (Lipinski definition) is 1. The van der Waals surface area contributed by atoms with Gasteiger partial charge in [-0.1, -0.05) is 28.1 Å². The fourth-order valence-electron chi connectivity index (χ4n) is 1.74. The van der Waals surface area contributed by atoms with Crippen LogP contribution in [-0.4, -0.2) is 5.11 Å². The third-order valence-electron chi connectivity index (χ3n) is 2.75. The first-order valence-corrected chi connectivity index (χ1v) is 6.17. The van der Waals surface area contributed by atoms with Crippen molar-refractivity contribution in [1.82, 2.24) is 0 Å². The minimum Gasteiger partial charge on any atom is -0.384 e. The zero-order valence-corrected chi connectivity index (χ0v) is 11.2. The van der Waals surface area contributed by atoms with Gasteiger partial charge in [0.25, 0.3) is 0 Å². The molecule has 1 N–H and O–H groups in total. The van der Waals surface area contributed by atoms with E-state index in [1.165, 1.54) is 0 Å². The Balaban J connectivity index is 2.44. The van der Waals surface area contributed by atoms with E-state index in [4.69, 9.17) is 0 Å². The van der Waals surface area contributed by atoms with Crippen LogP contribution in [0.25, 0.3) is 0 Å². The van der Waals surface area contributed by atoms with Crippen molar-refractivity contribution in [3.05, 3.63) is 69.2 Å². The number of benzene rings is 2. The molecule has 4 heteroatoms. The molecule has 0 saturated carbocycles. The number of halogens is 3. The monoisotopic (exact) mass is 312 g/mol. The Morgan fingerprint density at radius 1 is 1.11 bits per heavy atom. The Kier molecular flexibility index (Phi) is 3.78. The summed E-state index contributed by atoms with van der Waals surface area (Å²) >= 11 is 3.35. The molecule has 0 heterocycles. The highest BCUT2D eigenvalue weighted by Crippen LogP contribution is 2.27. The summed E-state index contributed by atoms with van der Waals surface area (Å²) in [6.45, 7) is 1.86. The molecule has 1 atom stereocenters. The van der Waals surface area contributed by atoms with E-state index in [0.717, 1.165) is 28.2 Å². The highest BCUT2D eigenvalue weighted by Gasteiger charge is 2.16. The van der Waals surface area contributed by atoms with Crippen molar-refractivity contribution in [2.75, 3.05) is 0 Å². The molecule has 0 spiro atoms. The number of aryl methyl sites for hydroxylation is 1. The predicted octanol–water partition coefficient (Wildman–Crippen LogP) is 4.12. The largest absolute Gasteiger partial charge is 0.384 e. The zero-order chi connectivity index (χ0) is 13.3. The van der Waals surface area contributed by atoms with E-state index in [2.05, 4.69) is 15.9 Å². The van der Waals surface area contributed by atoms with Crippen LogP contribution < -0.4 is 0 Å². The first kappa shape index (κ1) is 13.2. The molecule has 2 aromatic rings. The van der Waals surface area contributed by atoms with Crippen molar-refractivity contribution in [2.45, 2.75) is 13.0 Å². The Labute approximate surface area is 112 Å². The van der Waals surface area contributed by atoms with Crippen molar-refractivity contribution in [1.29, 1.82) is 0 Å². The average Bonchev–Trinajstić information content (AvgIpc) is 2.35. The first-order valence-electron chi connectivity index (χ1n) is 5.38. The van der Waals surface area contributed by atoms with E-state index in [0.29, 0.717) is 5.56 Å². The smallest absolute Gasteiger partial charge is 0.129 e. The maximum Gasteiger partial charge on any atom is 0.129 e. The topological polar surface area (TPSA) is 20.2 Å². The standard InChI is InChI=1S/C14H11BrF2O/c1-8-6-9(2-4-12(8)15)14(18)11-7-10(16)3-5-13(11)17/h2-7,14,18H,1H3. The molecule has 2 aromatic carbocycles. The van der Waals surface area contributed by atoms with Crippen LogP contribution in [0.2, 0.25) is 0 Å². The molecule has 0 amide bonds. The zero-order valence-electron chi connectivity index (χ0n) is 9.62. The van der Waals surface area contributed by atoms with Gasteiger partial charge in [-0.2, -0.15) is 0 Å². The lowest BCUT2D eigenvalue weighted by Crippen LogP contribution is -2.03. The minimum absolute atomic E-state index is 0.0586. The lowest BCUT2D eigenvalue weighted by Gasteiger charge is -2.13. The van der Waals surface area contributed by atoms with Crippen LogP contribution in [0.3, 0.4) is 0 Å². The van der Waals surface area contributed by atoms with E-state index in [-0.39, 0.29) is 5.56 Å². The van der Waals surface area contributed by atoms with Gasteiger partial charge >= 0.3 is 0 Å². The third-order valence-corrected chi connectivity index (χ3v) is 3.64. The number of rotatable bonds is 2. The van der Waals surface area contributed by atoms with Gasteiger partial charge in [-0.25, -0.2) is 8.78 Å². The van der Waals surface area contributed by atoms with Crippen LogP contribution in [0.5, 0.6) is 0 Å². The molecule has 0 saturated heterocycles. The average molecular weight is 313 g/mol. The van der Waals surface area contributed by atoms with Crippen LogP contribution in [0.15, 0.2) is 40.9 Å². The molecule has 1 nitrogen and oxygen atoms in total. The van der Waals surface area contributed by atoms with Crippen LogP contribution in [0.1, 0.15) is 22.8 Å². The lowest BCUT2D eigenvalue weighted by atomic mass is 9.99. The predicted molar refractivity (Wildman–Crippen MR) is 69.3 cm³/mol. The number of aliphatic hydroxyl groups is 1. The Hall–Kier alpha value is -1.26. The third kappa shape index (κ3) is 2.60. The molecule has 0 bridgehead atoms. The second-order valence-electron chi connectivity index (χ2n) is 4.08. The maximum atomic E-state index is 13.5. The molecular weight excluding hydrogens is 302 g/mol. The summed E-state index contributed by atoms with van der Waals surface area (Å²) in [5.41, 5.74) is 1.39. The number of hydrogen-bond donors (Lipinski definition) is 1. The van der Waals surface area contributed by atoms with E-state index in [9.17, 15) is 13.9 Å². The van der Waals surface area contributed by atoms with Gasteiger partial charge in [0.1, 0.15) is 17.7 Å². The Bertz CT molecular complexity index is 584. The summed E-state index contributed by atoms with van der Waals surface area (Å²) in [7, 11) is 0. The van der Waals surface area contributed by atoms with Crippen molar-refractivity contribution >= 4 is 15.9 Å². The van der Waals surface area contributed by atoms with E-state index in [1.807, 2.05) is 6.92 Å². The Morgan fingerprint density at radius 3 is 2.50 bits per heavy atom. The van der Waals surface area contributed by atoms with Gasteiger partial charge in [-0.05, 0) is 42.3 Å². The normalized spacial score (nSPS) is 12.5.